The number of ether oxygens (including phenoxy) is 1. The molecule has 1 N–H and O–H groups in total. The van der Waals surface area contributed by atoms with Crippen molar-refractivity contribution in [1.29, 1.82) is 0 Å². The van der Waals surface area contributed by atoms with Crippen molar-refractivity contribution in [2.75, 3.05) is 33.3 Å². The molecule has 1 aromatic rings. The number of nitrogens with one attached hydrogen (secondary N) is 1. The first-order valence-electron chi connectivity index (χ1n) is 9.57. The maximum Gasteiger partial charge on any atom is 0.275 e. The lowest BCUT2D eigenvalue weighted by Crippen LogP contribution is -2.66. The minimum atomic E-state index is -0.627. The van der Waals surface area contributed by atoms with Gasteiger partial charge in [0.25, 0.3) is 5.69 Å². The van der Waals surface area contributed by atoms with Crippen LogP contribution in [0.3, 0.4) is 0 Å². The summed E-state index contributed by atoms with van der Waals surface area (Å²) in [7, 11) is 1.74. The van der Waals surface area contributed by atoms with E-state index in [1.54, 1.807) is 19.2 Å². The predicted octanol–water partition coefficient (Wildman–Crippen LogP) is 2.89. The zero-order valence-corrected chi connectivity index (χ0v) is 17.8. The summed E-state index contributed by atoms with van der Waals surface area (Å²) in [5.74, 6) is 0. The highest BCUT2D eigenvalue weighted by atomic mass is 79.9. The molecule has 2 aliphatic heterocycles. The van der Waals surface area contributed by atoms with Gasteiger partial charge in [0.1, 0.15) is 10.7 Å². The highest BCUT2D eigenvalue weighted by Crippen LogP contribution is 2.46. The molecular weight excluding hydrogens is 412 g/mol. The Morgan fingerprint density at radius 3 is 2.59 bits per heavy atom. The molecule has 8 heteroatoms. The molecule has 0 aliphatic carbocycles. The van der Waals surface area contributed by atoms with Crippen molar-refractivity contribution in [3.63, 3.8) is 0 Å². The minimum absolute atomic E-state index is 0.0340. The number of nitrogens with zero attached hydrogens (tertiary/aromatic N) is 3. The van der Waals surface area contributed by atoms with Gasteiger partial charge in [0, 0.05) is 38.3 Å². The van der Waals surface area contributed by atoms with Gasteiger partial charge in [-0.1, -0.05) is 28.1 Å². The topological polar surface area (TPSA) is 70.9 Å². The summed E-state index contributed by atoms with van der Waals surface area (Å²) in [6, 6.07) is 7.71. The molecule has 2 heterocycles. The largest absolute Gasteiger partial charge is 0.365 e. The average molecular weight is 441 g/mol. The van der Waals surface area contributed by atoms with Gasteiger partial charge in [-0.15, -0.1) is 0 Å². The zero-order valence-electron chi connectivity index (χ0n) is 16.2. The Morgan fingerprint density at radius 2 is 2.00 bits per heavy atom. The molecule has 2 unspecified atom stereocenters. The number of piperazine rings is 1. The molecule has 2 fully saturated rings. The molecule has 3 rings (SSSR count). The van der Waals surface area contributed by atoms with E-state index in [-0.39, 0.29) is 22.9 Å². The Kier molecular flexibility index (Phi) is 6.53. The van der Waals surface area contributed by atoms with Crippen LogP contribution in [-0.4, -0.2) is 66.3 Å². The van der Waals surface area contributed by atoms with Crippen LogP contribution >= 0.6 is 15.9 Å². The second-order valence-electron chi connectivity index (χ2n) is 7.62. The van der Waals surface area contributed by atoms with E-state index < -0.39 is 4.45 Å². The SMILES string of the molecule is COC1CN(C2CCNCC2)C(Br)(c2ccccc2[N+](=O)[O-])CN1C(C)C. The van der Waals surface area contributed by atoms with E-state index in [1.807, 2.05) is 12.1 Å². The van der Waals surface area contributed by atoms with E-state index in [0.29, 0.717) is 24.7 Å². The van der Waals surface area contributed by atoms with Crippen molar-refractivity contribution >= 4 is 21.6 Å². The lowest BCUT2D eigenvalue weighted by Gasteiger charge is -2.55. The van der Waals surface area contributed by atoms with E-state index in [4.69, 9.17) is 4.74 Å². The molecule has 2 aliphatic rings. The summed E-state index contributed by atoms with van der Waals surface area (Å²) in [6.07, 6.45) is 2.01. The van der Waals surface area contributed by atoms with Crippen molar-refractivity contribution in [3.8, 4) is 0 Å². The monoisotopic (exact) mass is 440 g/mol. The van der Waals surface area contributed by atoms with Crippen LogP contribution in [0, 0.1) is 10.1 Å². The minimum Gasteiger partial charge on any atom is -0.365 e. The van der Waals surface area contributed by atoms with Gasteiger partial charge in [0.2, 0.25) is 0 Å². The number of nitro benzene ring substituents is 1. The van der Waals surface area contributed by atoms with Crippen LogP contribution in [0.15, 0.2) is 24.3 Å². The fraction of sp³-hybridized carbons (Fsp3) is 0.684. The van der Waals surface area contributed by atoms with Crippen LogP contribution in [0.4, 0.5) is 5.69 Å². The summed E-state index contributed by atoms with van der Waals surface area (Å²) < 4.78 is 5.18. The van der Waals surface area contributed by atoms with E-state index in [0.717, 1.165) is 25.9 Å². The predicted molar refractivity (Wildman–Crippen MR) is 109 cm³/mol. The fourth-order valence-electron chi connectivity index (χ4n) is 4.33. The van der Waals surface area contributed by atoms with Crippen LogP contribution in [-0.2, 0) is 9.19 Å². The molecule has 0 aromatic heterocycles. The summed E-state index contributed by atoms with van der Waals surface area (Å²) in [5, 5.41) is 15.2. The number of nitro groups is 1. The maximum atomic E-state index is 11.7. The van der Waals surface area contributed by atoms with E-state index in [1.165, 1.54) is 0 Å². The molecule has 0 bridgehead atoms. The van der Waals surface area contributed by atoms with E-state index >= 15 is 0 Å². The number of para-hydroxylation sites is 1. The van der Waals surface area contributed by atoms with Gasteiger partial charge < -0.3 is 10.1 Å². The molecule has 27 heavy (non-hydrogen) atoms. The molecular formula is C19H29BrN4O3. The number of hydrogen-bond donors (Lipinski definition) is 1. The molecule has 0 spiro atoms. The van der Waals surface area contributed by atoms with Gasteiger partial charge in [0.15, 0.2) is 0 Å². The maximum absolute atomic E-state index is 11.7. The van der Waals surface area contributed by atoms with Crippen LogP contribution in [0.5, 0.6) is 0 Å². The number of alkyl halides is 1. The highest BCUT2D eigenvalue weighted by molar-refractivity contribution is 9.09. The number of methoxy groups -OCH3 is 1. The van der Waals surface area contributed by atoms with Crippen molar-refractivity contribution in [2.45, 2.75) is 49.4 Å². The molecule has 150 valence electrons. The first kappa shape index (κ1) is 20.7. The Hall–Kier alpha value is -1.06. The second-order valence-corrected chi connectivity index (χ2v) is 8.94. The van der Waals surface area contributed by atoms with Crippen LogP contribution in [0.25, 0.3) is 0 Å². The lowest BCUT2D eigenvalue weighted by molar-refractivity contribution is -0.386. The number of rotatable bonds is 5. The van der Waals surface area contributed by atoms with Crippen molar-refractivity contribution in [1.82, 2.24) is 15.1 Å². The standard InChI is InChI=1S/C19H29BrN4O3/c1-14(2)22-13-19(20,16-6-4-5-7-17(16)24(25)26)23(12-18(22)27-3)15-8-10-21-11-9-15/h4-7,14-15,18,21H,8-13H2,1-3H3. The normalized spacial score (nSPS) is 28.6. The van der Waals surface area contributed by atoms with Gasteiger partial charge in [-0.25, -0.2) is 0 Å². The Morgan fingerprint density at radius 1 is 1.33 bits per heavy atom. The molecule has 0 radical (unpaired) electrons. The molecule has 2 saturated heterocycles. The second kappa shape index (κ2) is 8.53. The van der Waals surface area contributed by atoms with Crippen LogP contribution < -0.4 is 5.32 Å². The Balaban J connectivity index is 2.07. The quantitative estimate of drug-likeness (QED) is 0.328. The molecule has 0 saturated carbocycles. The number of hydrogen-bond acceptors (Lipinski definition) is 6. The first-order valence-corrected chi connectivity index (χ1v) is 10.4. The number of benzene rings is 1. The van der Waals surface area contributed by atoms with Crippen molar-refractivity contribution in [3.05, 3.63) is 39.9 Å². The van der Waals surface area contributed by atoms with Gasteiger partial charge in [-0.05, 0) is 45.8 Å². The fourth-order valence-corrected chi connectivity index (χ4v) is 5.39. The van der Waals surface area contributed by atoms with Gasteiger partial charge in [-0.3, -0.25) is 19.9 Å². The van der Waals surface area contributed by atoms with Gasteiger partial charge in [0.05, 0.1) is 10.5 Å². The first-order chi connectivity index (χ1) is 12.9. The molecule has 2 atom stereocenters. The number of halogens is 1. The third-order valence-electron chi connectivity index (χ3n) is 5.77. The average Bonchev–Trinajstić information content (AvgIpc) is 2.68. The van der Waals surface area contributed by atoms with Gasteiger partial charge >= 0.3 is 0 Å². The van der Waals surface area contributed by atoms with E-state index in [2.05, 4.69) is 44.9 Å². The summed E-state index contributed by atoms with van der Waals surface area (Å²) in [6.45, 7) is 7.53. The van der Waals surface area contributed by atoms with E-state index in [9.17, 15) is 10.1 Å². The van der Waals surface area contributed by atoms with Crippen molar-refractivity contribution < 1.29 is 9.66 Å². The van der Waals surface area contributed by atoms with Crippen molar-refractivity contribution in [2.24, 2.45) is 0 Å². The third kappa shape index (κ3) is 4.05. The summed E-state index contributed by atoms with van der Waals surface area (Å²) in [5.41, 5.74) is 0.876. The lowest BCUT2D eigenvalue weighted by atomic mass is 9.94. The van der Waals surface area contributed by atoms with Gasteiger partial charge in [-0.2, -0.15) is 0 Å². The van der Waals surface area contributed by atoms with Crippen LogP contribution in [0.2, 0.25) is 0 Å². The highest BCUT2D eigenvalue weighted by Gasteiger charge is 2.50. The summed E-state index contributed by atoms with van der Waals surface area (Å²) in [4.78, 5) is 16.1. The zero-order chi connectivity index (χ0) is 19.6. The molecule has 7 nitrogen and oxygen atoms in total. The smallest absolute Gasteiger partial charge is 0.275 e. The third-order valence-corrected chi connectivity index (χ3v) is 6.90. The summed E-state index contributed by atoms with van der Waals surface area (Å²) >= 11 is 3.99. The molecule has 0 amide bonds. The Labute approximate surface area is 169 Å². The number of piperidine rings is 1. The Bertz CT molecular complexity index is 668. The van der Waals surface area contributed by atoms with Crippen LogP contribution in [0.1, 0.15) is 32.3 Å². The molecule has 1 aromatic carbocycles.